The molecule has 0 unspecified atom stereocenters. The van der Waals surface area contributed by atoms with Gasteiger partial charge in [-0.05, 0) is 24.1 Å². The van der Waals surface area contributed by atoms with E-state index in [1.165, 1.54) is 16.7 Å². The Kier molecular flexibility index (Phi) is 2.33. The van der Waals surface area contributed by atoms with Gasteiger partial charge in [0.25, 0.3) is 0 Å². The van der Waals surface area contributed by atoms with Gasteiger partial charge in [-0.3, -0.25) is 4.79 Å². The SMILES string of the molecule is CCc1cc(C=O)c2c(F)csc2c1. The second-order valence-electron chi connectivity index (χ2n) is 3.11. The van der Waals surface area contributed by atoms with Crippen molar-refractivity contribution in [3.05, 3.63) is 34.5 Å². The van der Waals surface area contributed by atoms with Crippen molar-refractivity contribution in [2.45, 2.75) is 13.3 Å². The standard InChI is InChI=1S/C11H9FOS/c1-2-7-3-8(5-13)11-9(12)6-14-10(11)4-7/h3-6H,2H2,1H3. The summed E-state index contributed by atoms with van der Waals surface area (Å²) in [4.78, 5) is 10.8. The van der Waals surface area contributed by atoms with Gasteiger partial charge in [0, 0.05) is 21.0 Å². The third-order valence-electron chi connectivity index (χ3n) is 2.26. The van der Waals surface area contributed by atoms with Gasteiger partial charge in [0.1, 0.15) is 5.82 Å². The molecule has 14 heavy (non-hydrogen) atoms. The zero-order chi connectivity index (χ0) is 10.1. The first-order valence-electron chi connectivity index (χ1n) is 4.41. The average molecular weight is 208 g/mol. The van der Waals surface area contributed by atoms with E-state index in [9.17, 15) is 9.18 Å². The fourth-order valence-electron chi connectivity index (χ4n) is 1.52. The van der Waals surface area contributed by atoms with E-state index < -0.39 is 0 Å². The molecule has 0 aliphatic heterocycles. The number of fused-ring (bicyclic) bond motifs is 1. The van der Waals surface area contributed by atoms with E-state index in [4.69, 9.17) is 0 Å². The van der Waals surface area contributed by atoms with E-state index in [0.29, 0.717) is 10.9 Å². The third-order valence-corrected chi connectivity index (χ3v) is 3.16. The van der Waals surface area contributed by atoms with E-state index in [1.807, 2.05) is 13.0 Å². The van der Waals surface area contributed by atoms with E-state index in [1.54, 1.807) is 6.07 Å². The highest BCUT2D eigenvalue weighted by Gasteiger charge is 2.09. The molecule has 1 heterocycles. The summed E-state index contributed by atoms with van der Waals surface area (Å²) in [5.74, 6) is -0.297. The van der Waals surface area contributed by atoms with Crippen LogP contribution in [0.25, 0.3) is 10.1 Å². The Morgan fingerprint density at radius 1 is 1.50 bits per heavy atom. The van der Waals surface area contributed by atoms with Crippen LogP contribution >= 0.6 is 11.3 Å². The minimum absolute atomic E-state index is 0.297. The van der Waals surface area contributed by atoms with E-state index >= 15 is 0 Å². The van der Waals surface area contributed by atoms with Gasteiger partial charge in [-0.2, -0.15) is 0 Å². The minimum atomic E-state index is -0.297. The molecule has 3 heteroatoms. The van der Waals surface area contributed by atoms with Crippen LogP contribution in [0.4, 0.5) is 4.39 Å². The van der Waals surface area contributed by atoms with E-state index in [2.05, 4.69) is 0 Å². The van der Waals surface area contributed by atoms with Gasteiger partial charge < -0.3 is 0 Å². The van der Waals surface area contributed by atoms with Crippen LogP contribution in [0.5, 0.6) is 0 Å². The van der Waals surface area contributed by atoms with E-state index in [-0.39, 0.29) is 5.82 Å². The molecule has 1 aromatic heterocycles. The van der Waals surface area contributed by atoms with Crippen LogP contribution in [0.2, 0.25) is 0 Å². The van der Waals surface area contributed by atoms with Crippen LogP contribution in [-0.4, -0.2) is 6.29 Å². The van der Waals surface area contributed by atoms with Gasteiger partial charge in [-0.15, -0.1) is 11.3 Å². The maximum atomic E-state index is 13.3. The lowest BCUT2D eigenvalue weighted by Gasteiger charge is -2.00. The molecule has 0 N–H and O–H groups in total. The predicted molar refractivity (Wildman–Crippen MR) is 56.5 cm³/mol. The van der Waals surface area contributed by atoms with Crippen molar-refractivity contribution in [1.82, 2.24) is 0 Å². The molecule has 0 saturated carbocycles. The van der Waals surface area contributed by atoms with Gasteiger partial charge in [-0.25, -0.2) is 4.39 Å². The van der Waals surface area contributed by atoms with Crippen LogP contribution in [0.3, 0.4) is 0 Å². The largest absolute Gasteiger partial charge is 0.298 e. The van der Waals surface area contributed by atoms with Crippen molar-refractivity contribution >= 4 is 27.7 Å². The Labute approximate surface area is 85.2 Å². The van der Waals surface area contributed by atoms with Gasteiger partial charge in [0.15, 0.2) is 6.29 Å². The Morgan fingerprint density at radius 2 is 2.29 bits per heavy atom. The van der Waals surface area contributed by atoms with Crippen molar-refractivity contribution in [2.75, 3.05) is 0 Å². The Balaban J connectivity index is 2.82. The molecule has 1 nitrogen and oxygen atoms in total. The molecular weight excluding hydrogens is 199 g/mol. The Hall–Kier alpha value is -1.22. The maximum absolute atomic E-state index is 13.3. The number of carbonyl (C=O) groups excluding carboxylic acids is 1. The van der Waals surface area contributed by atoms with Crippen molar-refractivity contribution in [3.8, 4) is 0 Å². The number of aryl methyl sites for hydroxylation is 1. The number of benzene rings is 1. The molecule has 0 spiro atoms. The van der Waals surface area contributed by atoms with Crippen LogP contribution < -0.4 is 0 Å². The van der Waals surface area contributed by atoms with Crippen LogP contribution in [0.1, 0.15) is 22.8 Å². The molecule has 0 bridgehead atoms. The van der Waals surface area contributed by atoms with Crippen LogP contribution in [0.15, 0.2) is 17.5 Å². The quantitative estimate of drug-likeness (QED) is 0.691. The topological polar surface area (TPSA) is 17.1 Å². The molecule has 2 aromatic rings. The number of hydrogen-bond donors (Lipinski definition) is 0. The summed E-state index contributed by atoms with van der Waals surface area (Å²) in [6, 6.07) is 3.70. The molecule has 0 fully saturated rings. The molecule has 0 atom stereocenters. The molecule has 2 rings (SSSR count). The number of rotatable bonds is 2. The smallest absolute Gasteiger partial charge is 0.150 e. The summed E-state index contributed by atoms with van der Waals surface area (Å²) in [5, 5.41) is 1.90. The highest BCUT2D eigenvalue weighted by atomic mass is 32.1. The summed E-state index contributed by atoms with van der Waals surface area (Å²) < 4.78 is 14.1. The first-order valence-corrected chi connectivity index (χ1v) is 5.29. The molecule has 0 amide bonds. The summed E-state index contributed by atoms with van der Waals surface area (Å²) >= 11 is 1.34. The molecular formula is C11H9FOS. The summed E-state index contributed by atoms with van der Waals surface area (Å²) in [7, 11) is 0. The summed E-state index contributed by atoms with van der Waals surface area (Å²) in [6.07, 6.45) is 1.58. The summed E-state index contributed by atoms with van der Waals surface area (Å²) in [5.41, 5.74) is 1.53. The number of thiophene rings is 1. The highest BCUT2D eigenvalue weighted by Crippen LogP contribution is 2.28. The van der Waals surface area contributed by atoms with Crippen molar-refractivity contribution in [3.63, 3.8) is 0 Å². The lowest BCUT2D eigenvalue weighted by molar-refractivity contribution is 0.112. The first-order chi connectivity index (χ1) is 6.76. The molecule has 0 aliphatic carbocycles. The number of hydrogen-bond acceptors (Lipinski definition) is 2. The number of carbonyl (C=O) groups is 1. The molecule has 72 valence electrons. The van der Waals surface area contributed by atoms with Gasteiger partial charge >= 0.3 is 0 Å². The maximum Gasteiger partial charge on any atom is 0.150 e. The second-order valence-corrected chi connectivity index (χ2v) is 4.02. The zero-order valence-corrected chi connectivity index (χ0v) is 8.53. The molecule has 1 aromatic carbocycles. The van der Waals surface area contributed by atoms with Crippen molar-refractivity contribution in [2.24, 2.45) is 0 Å². The van der Waals surface area contributed by atoms with Gasteiger partial charge in [0.05, 0.1) is 0 Å². The van der Waals surface area contributed by atoms with Crippen molar-refractivity contribution in [1.29, 1.82) is 0 Å². The fourth-order valence-corrected chi connectivity index (χ4v) is 2.42. The number of halogens is 1. The van der Waals surface area contributed by atoms with Crippen LogP contribution in [0, 0.1) is 5.82 Å². The lowest BCUT2D eigenvalue weighted by Crippen LogP contribution is -1.87. The Bertz CT molecular complexity index is 487. The molecule has 0 aliphatic rings. The average Bonchev–Trinajstić information content (AvgIpc) is 2.59. The molecule has 0 radical (unpaired) electrons. The monoisotopic (exact) mass is 208 g/mol. The Morgan fingerprint density at radius 3 is 2.93 bits per heavy atom. The highest BCUT2D eigenvalue weighted by molar-refractivity contribution is 7.17. The van der Waals surface area contributed by atoms with Gasteiger partial charge in [-0.1, -0.05) is 6.92 Å². The fraction of sp³-hybridized carbons (Fsp3) is 0.182. The van der Waals surface area contributed by atoms with E-state index in [0.717, 1.165) is 23.0 Å². The predicted octanol–water partition coefficient (Wildman–Crippen LogP) is 3.42. The minimum Gasteiger partial charge on any atom is -0.298 e. The molecule has 0 saturated heterocycles. The second kappa shape index (κ2) is 3.50. The number of aldehydes is 1. The van der Waals surface area contributed by atoms with Crippen molar-refractivity contribution < 1.29 is 9.18 Å². The van der Waals surface area contributed by atoms with Crippen LogP contribution in [-0.2, 0) is 6.42 Å². The lowest BCUT2D eigenvalue weighted by atomic mass is 10.1. The first kappa shape index (κ1) is 9.34. The van der Waals surface area contributed by atoms with Gasteiger partial charge in [0.2, 0.25) is 0 Å². The third kappa shape index (κ3) is 1.34. The normalized spacial score (nSPS) is 10.7. The summed E-state index contributed by atoms with van der Waals surface area (Å²) in [6.45, 7) is 2.01. The zero-order valence-electron chi connectivity index (χ0n) is 7.71.